The summed E-state index contributed by atoms with van der Waals surface area (Å²) in [5, 5.41) is 9.85. The van der Waals surface area contributed by atoms with Crippen LogP contribution in [0.25, 0.3) is 28.4 Å². The third-order valence-electron chi connectivity index (χ3n) is 4.21. The van der Waals surface area contributed by atoms with Crippen LogP contribution in [0.2, 0.25) is 0 Å². The molecule has 0 bridgehead atoms. The maximum Gasteiger partial charge on any atom is 0.181 e. The first kappa shape index (κ1) is 14.6. The highest BCUT2D eigenvalue weighted by Crippen LogP contribution is 2.25. The molecule has 4 rings (SSSR count). The number of imidazole rings is 3. The number of hydrogen-bond acceptors (Lipinski definition) is 4. The minimum atomic E-state index is -0.609. The normalized spacial score (nSPS) is 12.8. The molecule has 1 N–H and O–H groups in total. The van der Waals surface area contributed by atoms with E-state index in [1.54, 1.807) is 19.3 Å². The average molecular weight is 322 g/mol. The number of fused-ring (bicyclic) bond motifs is 1. The monoisotopic (exact) mass is 322 g/mol. The topological polar surface area (TPSA) is 73.7 Å². The van der Waals surface area contributed by atoms with Gasteiger partial charge in [-0.05, 0) is 25.1 Å². The number of rotatable bonds is 3. The molecule has 0 aliphatic heterocycles. The van der Waals surface area contributed by atoms with Gasteiger partial charge in [0.15, 0.2) is 11.6 Å². The maximum absolute atomic E-state index is 9.85. The molecule has 7 nitrogen and oxygen atoms in total. The molecule has 1 aromatic carbocycles. The Labute approximate surface area is 138 Å². The Morgan fingerprint density at radius 1 is 1.04 bits per heavy atom. The van der Waals surface area contributed by atoms with Crippen LogP contribution in [0.3, 0.4) is 0 Å². The fourth-order valence-electron chi connectivity index (χ4n) is 2.99. The highest BCUT2D eigenvalue weighted by atomic mass is 16.3. The number of hydrogen-bond donors (Lipinski definition) is 1. The van der Waals surface area contributed by atoms with Gasteiger partial charge in [-0.3, -0.25) is 4.57 Å². The van der Waals surface area contributed by atoms with E-state index in [0.29, 0.717) is 5.82 Å². The van der Waals surface area contributed by atoms with Gasteiger partial charge in [-0.1, -0.05) is 0 Å². The van der Waals surface area contributed by atoms with Crippen LogP contribution < -0.4 is 0 Å². The first-order chi connectivity index (χ1) is 11.6. The number of aryl methyl sites for hydroxylation is 2. The number of aliphatic hydroxyl groups is 1. The summed E-state index contributed by atoms with van der Waals surface area (Å²) in [7, 11) is 3.85. The molecule has 3 heterocycles. The fourth-order valence-corrected chi connectivity index (χ4v) is 2.99. The molecule has 0 saturated carbocycles. The lowest BCUT2D eigenvalue weighted by Gasteiger charge is -2.08. The van der Waals surface area contributed by atoms with Gasteiger partial charge in [0.25, 0.3) is 0 Å². The van der Waals surface area contributed by atoms with Gasteiger partial charge in [-0.2, -0.15) is 0 Å². The molecular weight excluding hydrogens is 304 g/mol. The summed E-state index contributed by atoms with van der Waals surface area (Å²) in [5.41, 5.74) is 2.77. The summed E-state index contributed by atoms with van der Waals surface area (Å²) in [6.45, 7) is 1.72. The van der Waals surface area contributed by atoms with Crippen LogP contribution in [0, 0.1) is 0 Å². The molecule has 1 atom stereocenters. The van der Waals surface area contributed by atoms with E-state index in [1.807, 2.05) is 58.4 Å². The standard InChI is InChI=1S/C17H18N6O/c1-11(24)15-20-13-10-12(4-5-14(13)22(15)3)23-9-7-19-17(23)16-18-6-8-21(16)2/h4-11,24H,1-3H3. The Hall–Kier alpha value is -2.93. The van der Waals surface area contributed by atoms with Gasteiger partial charge in [0, 0.05) is 44.6 Å². The molecule has 24 heavy (non-hydrogen) atoms. The van der Waals surface area contributed by atoms with E-state index in [4.69, 9.17) is 0 Å². The van der Waals surface area contributed by atoms with Crippen LogP contribution >= 0.6 is 0 Å². The molecule has 0 radical (unpaired) electrons. The van der Waals surface area contributed by atoms with E-state index in [9.17, 15) is 5.11 Å². The summed E-state index contributed by atoms with van der Waals surface area (Å²) in [6, 6.07) is 6.02. The Bertz CT molecular complexity index is 1020. The van der Waals surface area contributed by atoms with E-state index in [-0.39, 0.29) is 0 Å². The van der Waals surface area contributed by atoms with E-state index in [1.165, 1.54) is 0 Å². The molecule has 0 fully saturated rings. The molecule has 122 valence electrons. The highest BCUT2D eigenvalue weighted by molar-refractivity contribution is 5.79. The minimum absolute atomic E-state index is 0.609. The number of nitrogens with zero attached hydrogens (tertiary/aromatic N) is 6. The molecule has 1 unspecified atom stereocenters. The Balaban J connectivity index is 1.87. The molecule has 0 aliphatic carbocycles. The molecule has 0 spiro atoms. The van der Waals surface area contributed by atoms with Gasteiger partial charge in [-0.15, -0.1) is 0 Å². The Morgan fingerprint density at radius 2 is 1.79 bits per heavy atom. The van der Waals surface area contributed by atoms with Gasteiger partial charge < -0.3 is 14.2 Å². The Morgan fingerprint density at radius 3 is 2.50 bits per heavy atom. The Kier molecular flexibility index (Phi) is 3.24. The van der Waals surface area contributed by atoms with Crippen molar-refractivity contribution in [3.63, 3.8) is 0 Å². The van der Waals surface area contributed by atoms with Crippen LogP contribution in [0.5, 0.6) is 0 Å². The molecule has 0 aliphatic rings. The number of aromatic nitrogens is 6. The van der Waals surface area contributed by atoms with Crippen LogP contribution in [0.15, 0.2) is 43.0 Å². The van der Waals surface area contributed by atoms with E-state index >= 15 is 0 Å². The summed E-state index contributed by atoms with van der Waals surface area (Å²) >= 11 is 0. The summed E-state index contributed by atoms with van der Waals surface area (Å²) in [4.78, 5) is 13.4. The van der Waals surface area contributed by atoms with Crippen molar-refractivity contribution in [2.45, 2.75) is 13.0 Å². The van der Waals surface area contributed by atoms with E-state index in [0.717, 1.165) is 28.4 Å². The van der Waals surface area contributed by atoms with Gasteiger partial charge in [-0.25, -0.2) is 15.0 Å². The van der Waals surface area contributed by atoms with Crippen molar-refractivity contribution >= 4 is 11.0 Å². The second-order valence-electron chi connectivity index (χ2n) is 5.86. The van der Waals surface area contributed by atoms with Crippen molar-refractivity contribution in [2.24, 2.45) is 14.1 Å². The first-order valence-electron chi connectivity index (χ1n) is 7.72. The van der Waals surface area contributed by atoms with Crippen LogP contribution in [-0.4, -0.2) is 33.8 Å². The fraction of sp³-hybridized carbons (Fsp3) is 0.235. The first-order valence-corrected chi connectivity index (χ1v) is 7.72. The second kappa shape index (κ2) is 5.31. The molecule has 3 aromatic heterocycles. The minimum Gasteiger partial charge on any atom is -0.385 e. The SMILES string of the molecule is CC(O)c1nc2cc(-n3ccnc3-c3nccn3C)ccc2n1C. The molecule has 0 amide bonds. The lowest BCUT2D eigenvalue weighted by molar-refractivity contribution is 0.186. The van der Waals surface area contributed by atoms with Gasteiger partial charge in [0.05, 0.1) is 11.0 Å². The van der Waals surface area contributed by atoms with Gasteiger partial charge in [0.2, 0.25) is 0 Å². The van der Waals surface area contributed by atoms with Crippen molar-refractivity contribution in [1.82, 2.24) is 28.7 Å². The van der Waals surface area contributed by atoms with E-state index < -0.39 is 6.10 Å². The third-order valence-corrected chi connectivity index (χ3v) is 4.21. The average Bonchev–Trinajstić information content (AvgIpc) is 3.25. The van der Waals surface area contributed by atoms with Gasteiger partial charge in [0.1, 0.15) is 11.9 Å². The van der Waals surface area contributed by atoms with Gasteiger partial charge >= 0.3 is 0 Å². The molecular formula is C17H18N6O. The zero-order chi connectivity index (χ0) is 16.8. The van der Waals surface area contributed by atoms with Crippen molar-refractivity contribution in [3.8, 4) is 17.3 Å². The van der Waals surface area contributed by atoms with Crippen molar-refractivity contribution in [3.05, 3.63) is 48.8 Å². The zero-order valence-electron chi connectivity index (χ0n) is 13.7. The number of benzene rings is 1. The second-order valence-corrected chi connectivity index (χ2v) is 5.86. The maximum atomic E-state index is 9.85. The molecule has 0 saturated heterocycles. The van der Waals surface area contributed by atoms with Crippen molar-refractivity contribution < 1.29 is 5.11 Å². The van der Waals surface area contributed by atoms with Crippen LogP contribution in [0.1, 0.15) is 18.9 Å². The highest BCUT2D eigenvalue weighted by Gasteiger charge is 2.15. The lowest BCUT2D eigenvalue weighted by Crippen LogP contribution is -2.01. The van der Waals surface area contributed by atoms with Crippen molar-refractivity contribution in [1.29, 1.82) is 0 Å². The summed E-state index contributed by atoms with van der Waals surface area (Å²) in [5.74, 6) is 2.22. The predicted molar refractivity (Wildman–Crippen MR) is 90.7 cm³/mol. The van der Waals surface area contributed by atoms with E-state index in [2.05, 4.69) is 15.0 Å². The van der Waals surface area contributed by atoms with Crippen LogP contribution in [0.4, 0.5) is 0 Å². The third kappa shape index (κ3) is 2.13. The lowest BCUT2D eigenvalue weighted by atomic mass is 10.2. The van der Waals surface area contributed by atoms with Crippen molar-refractivity contribution in [2.75, 3.05) is 0 Å². The smallest absolute Gasteiger partial charge is 0.181 e. The molecule has 7 heteroatoms. The number of aliphatic hydroxyl groups excluding tert-OH is 1. The summed E-state index contributed by atoms with van der Waals surface area (Å²) < 4.78 is 5.83. The quantitative estimate of drug-likeness (QED) is 0.627. The predicted octanol–water partition coefficient (Wildman–Crippen LogP) is 2.21. The largest absolute Gasteiger partial charge is 0.385 e. The molecule has 4 aromatic rings. The zero-order valence-corrected chi connectivity index (χ0v) is 13.7. The van der Waals surface area contributed by atoms with Crippen LogP contribution in [-0.2, 0) is 14.1 Å². The summed E-state index contributed by atoms with van der Waals surface area (Å²) in [6.07, 6.45) is 6.70.